The molecule has 3 fully saturated rings. The molecule has 3 heterocycles. The van der Waals surface area contributed by atoms with Gasteiger partial charge in [0.05, 0.1) is 32.5 Å². The van der Waals surface area contributed by atoms with Crippen molar-refractivity contribution < 1.29 is 14.2 Å². The van der Waals surface area contributed by atoms with E-state index in [1.807, 2.05) is 7.05 Å². The van der Waals surface area contributed by atoms with Crippen molar-refractivity contribution in [2.45, 2.75) is 25.4 Å². The van der Waals surface area contributed by atoms with Gasteiger partial charge in [-0.1, -0.05) is 0 Å². The van der Waals surface area contributed by atoms with Gasteiger partial charge in [-0.15, -0.1) is 0 Å². The largest absolute Gasteiger partial charge is 0.379 e. The molecule has 0 bridgehead atoms. The van der Waals surface area contributed by atoms with Crippen LogP contribution in [-0.4, -0.2) is 101 Å². The number of ether oxygens (including phenoxy) is 3. The van der Waals surface area contributed by atoms with Crippen LogP contribution in [0.2, 0.25) is 0 Å². The maximum absolute atomic E-state index is 5.72. The average Bonchev–Trinajstić information content (AvgIpc) is 3.31. The normalized spacial score (nSPS) is 28.7. The van der Waals surface area contributed by atoms with E-state index in [0.717, 1.165) is 70.8 Å². The molecule has 144 valence electrons. The molecule has 7 nitrogen and oxygen atoms in total. The molecule has 0 aromatic rings. The summed E-state index contributed by atoms with van der Waals surface area (Å²) in [6.45, 7) is 10.4. The van der Waals surface area contributed by atoms with Gasteiger partial charge in [0, 0.05) is 52.9 Å². The summed E-state index contributed by atoms with van der Waals surface area (Å²) >= 11 is 0. The molecule has 3 saturated heterocycles. The van der Waals surface area contributed by atoms with Gasteiger partial charge < -0.3 is 24.4 Å². The topological polar surface area (TPSA) is 58.6 Å². The molecule has 1 N–H and O–H groups in total. The fourth-order valence-electron chi connectivity index (χ4n) is 3.88. The molecule has 0 radical (unpaired) electrons. The summed E-state index contributed by atoms with van der Waals surface area (Å²) in [5.74, 6) is 1.73. The third-order valence-electron chi connectivity index (χ3n) is 5.27. The third-order valence-corrected chi connectivity index (χ3v) is 5.27. The van der Waals surface area contributed by atoms with Crippen molar-refractivity contribution in [3.63, 3.8) is 0 Å². The van der Waals surface area contributed by atoms with Crippen LogP contribution < -0.4 is 5.32 Å². The van der Waals surface area contributed by atoms with Gasteiger partial charge in [0.2, 0.25) is 0 Å². The first kappa shape index (κ1) is 18.9. The maximum atomic E-state index is 5.72. The lowest BCUT2D eigenvalue weighted by Crippen LogP contribution is -2.43. The maximum Gasteiger partial charge on any atom is 0.193 e. The standard InChI is InChI=1S/C18H34N4O3/c1-19-18(20-5-10-24-15-17-3-2-9-25-17)22-6-4-16(14-22)13-21-7-11-23-12-8-21/h16-17H,2-15H2,1H3,(H,19,20). The minimum atomic E-state index is 0.304. The Morgan fingerprint density at radius 2 is 2.08 bits per heavy atom. The van der Waals surface area contributed by atoms with Crippen molar-refractivity contribution >= 4 is 5.96 Å². The number of likely N-dealkylation sites (tertiary alicyclic amines) is 1. The highest BCUT2D eigenvalue weighted by Crippen LogP contribution is 2.18. The van der Waals surface area contributed by atoms with E-state index >= 15 is 0 Å². The van der Waals surface area contributed by atoms with Crippen molar-refractivity contribution in [3.05, 3.63) is 0 Å². The Kier molecular flexibility index (Phi) is 7.79. The first-order valence-corrected chi connectivity index (χ1v) is 9.80. The summed E-state index contributed by atoms with van der Waals surface area (Å²) in [4.78, 5) is 9.36. The van der Waals surface area contributed by atoms with Crippen LogP contribution in [0, 0.1) is 5.92 Å². The van der Waals surface area contributed by atoms with Gasteiger partial charge in [-0.05, 0) is 25.2 Å². The predicted molar refractivity (Wildman–Crippen MR) is 98.1 cm³/mol. The smallest absolute Gasteiger partial charge is 0.193 e. The molecule has 3 aliphatic heterocycles. The van der Waals surface area contributed by atoms with Gasteiger partial charge in [-0.25, -0.2) is 0 Å². The van der Waals surface area contributed by atoms with E-state index in [1.165, 1.54) is 19.4 Å². The number of rotatable bonds is 7. The number of morpholine rings is 1. The Morgan fingerprint density at radius 3 is 2.84 bits per heavy atom. The average molecular weight is 354 g/mol. The van der Waals surface area contributed by atoms with E-state index in [-0.39, 0.29) is 0 Å². The molecule has 0 amide bonds. The first-order chi connectivity index (χ1) is 12.3. The summed E-state index contributed by atoms with van der Waals surface area (Å²) in [5, 5.41) is 3.44. The molecule has 0 aromatic carbocycles. The fraction of sp³-hybridized carbons (Fsp3) is 0.944. The van der Waals surface area contributed by atoms with Crippen LogP contribution in [0.15, 0.2) is 4.99 Å². The van der Waals surface area contributed by atoms with Gasteiger partial charge in [0.25, 0.3) is 0 Å². The molecule has 0 aromatic heterocycles. The van der Waals surface area contributed by atoms with Crippen LogP contribution in [-0.2, 0) is 14.2 Å². The van der Waals surface area contributed by atoms with E-state index in [1.54, 1.807) is 0 Å². The zero-order valence-electron chi connectivity index (χ0n) is 15.6. The Hall–Kier alpha value is -0.890. The molecule has 0 saturated carbocycles. The van der Waals surface area contributed by atoms with Gasteiger partial charge in [-0.3, -0.25) is 9.89 Å². The molecule has 2 atom stereocenters. The Bertz CT molecular complexity index is 409. The van der Waals surface area contributed by atoms with Crippen LogP contribution in [0.4, 0.5) is 0 Å². The van der Waals surface area contributed by atoms with Gasteiger partial charge >= 0.3 is 0 Å². The van der Waals surface area contributed by atoms with Crippen LogP contribution in [0.1, 0.15) is 19.3 Å². The number of hydrogen-bond donors (Lipinski definition) is 1. The van der Waals surface area contributed by atoms with Crippen molar-refractivity contribution in [1.29, 1.82) is 0 Å². The highest BCUT2D eigenvalue weighted by atomic mass is 16.5. The second-order valence-electron chi connectivity index (χ2n) is 7.20. The molecule has 3 aliphatic rings. The zero-order valence-corrected chi connectivity index (χ0v) is 15.6. The SMILES string of the molecule is CN=C(NCCOCC1CCCO1)N1CCC(CN2CCOCC2)C1. The van der Waals surface area contributed by atoms with E-state index in [0.29, 0.717) is 19.3 Å². The Labute approximate surface area is 151 Å². The van der Waals surface area contributed by atoms with Gasteiger partial charge in [0.15, 0.2) is 5.96 Å². The lowest BCUT2D eigenvalue weighted by atomic mass is 10.1. The van der Waals surface area contributed by atoms with E-state index in [9.17, 15) is 0 Å². The lowest BCUT2D eigenvalue weighted by Gasteiger charge is -2.29. The minimum absolute atomic E-state index is 0.304. The van der Waals surface area contributed by atoms with Crippen molar-refractivity contribution in [3.8, 4) is 0 Å². The summed E-state index contributed by atoms with van der Waals surface area (Å²) in [6, 6.07) is 0. The molecule has 25 heavy (non-hydrogen) atoms. The van der Waals surface area contributed by atoms with Crippen molar-refractivity contribution in [2.24, 2.45) is 10.9 Å². The van der Waals surface area contributed by atoms with Crippen LogP contribution >= 0.6 is 0 Å². The molecule has 0 aliphatic carbocycles. The van der Waals surface area contributed by atoms with Crippen molar-refractivity contribution in [2.75, 3.05) is 79.4 Å². The molecule has 0 spiro atoms. The molecular weight excluding hydrogens is 320 g/mol. The zero-order chi connectivity index (χ0) is 17.3. The Morgan fingerprint density at radius 1 is 1.20 bits per heavy atom. The van der Waals surface area contributed by atoms with Crippen LogP contribution in [0.5, 0.6) is 0 Å². The molecule has 7 heteroatoms. The van der Waals surface area contributed by atoms with E-state index in [4.69, 9.17) is 14.2 Å². The van der Waals surface area contributed by atoms with E-state index in [2.05, 4.69) is 20.1 Å². The number of aliphatic imine (C=N–C) groups is 1. The second-order valence-corrected chi connectivity index (χ2v) is 7.20. The summed E-state index contributed by atoms with van der Waals surface area (Å²) in [5.41, 5.74) is 0. The highest BCUT2D eigenvalue weighted by molar-refractivity contribution is 5.80. The fourth-order valence-corrected chi connectivity index (χ4v) is 3.88. The number of nitrogens with zero attached hydrogens (tertiary/aromatic N) is 3. The van der Waals surface area contributed by atoms with Crippen LogP contribution in [0.3, 0.4) is 0 Å². The summed E-state index contributed by atoms with van der Waals surface area (Å²) in [7, 11) is 1.87. The minimum Gasteiger partial charge on any atom is -0.379 e. The second kappa shape index (κ2) is 10.3. The number of nitrogens with one attached hydrogen (secondary N) is 1. The highest BCUT2D eigenvalue weighted by Gasteiger charge is 2.27. The van der Waals surface area contributed by atoms with Gasteiger partial charge in [0.1, 0.15) is 0 Å². The first-order valence-electron chi connectivity index (χ1n) is 9.80. The quantitative estimate of drug-likeness (QED) is 0.406. The van der Waals surface area contributed by atoms with Gasteiger partial charge in [-0.2, -0.15) is 0 Å². The third kappa shape index (κ3) is 6.09. The predicted octanol–water partition coefficient (Wildman–Crippen LogP) is 0.412. The Balaban J connectivity index is 1.29. The monoisotopic (exact) mass is 354 g/mol. The van der Waals surface area contributed by atoms with E-state index < -0.39 is 0 Å². The summed E-state index contributed by atoms with van der Waals surface area (Å²) < 4.78 is 16.7. The summed E-state index contributed by atoms with van der Waals surface area (Å²) in [6.07, 6.45) is 3.85. The number of hydrogen-bond acceptors (Lipinski definition) is 5. The molecular formula is C18H34N4O3. The lowest BCUT2D eigenvalue weighted by molar-refractivity contribution is 0.0190. The molecule has 3 rings (SSSR count). The van der Waals surface area contributed by atoms with Crippen molar-refractivity contribution in [1.82, 2.24) is 15.1 Å². The number of guanidine groups is 1. The molecule has 2 unspecified atom stereocenters. The van der Waals surface area contributed by atoms with Crippen LogP contribution in [0.25, 0.3) is 0 Å².